The van der Waals surface area contributed by atoms with Crippen molar-refractivity contribution in [2.45, 2.75) is 13.8 Å². The Bertz CT molecular complexity index is 948. The summed E-state index contributed by atoms with van der Waals surface area (Å²) in [6, 6.07) is 6.70. The number of rotatable bonds is 4. The van der Waals surface area contributed by atoms with Crippen molar-refractivity contribution in [2.24, 2.45) is 0 Å². The van der Waals surface area contributed by atoms with Gasteiger partial charge in [-0.05, 0) is 25.1 Å². The second-order valence-corrected chi connectivity index (χ2v) is 7.11. The van der Waals surface area contributed by atoms with Crippen LogP contribution < -0.4 is 16.4 Å². The predicted octanol–water partition coefficient (Wildman–Crippen LogP) is 3.37. The summed E-state index contributed by atoms with van der Waals surface area (Å²) in [6.45, 7) is 3.27. The number of anilines is 3. The molecule has 9 heteroatoms. The topological polar surface area (TPSA) is 110 Å². The zero-order valence-corrected chi connectivity index (χ0v) is 15.1. The van der Waals surface area contributed by atoms with E-state index in [1.165, 1.54) is 29.6 Å². The number of nitrogens with zero attached hydrogens (tertiary/aromatic N) is 2. The Hall–Kier alpha value is -2.78. The zero-order valence-electron chi connectivity index (χ0n) is 13.5. The highest BCUT2D eigenvalue weighted by Gasteiger charge is 2.15. The molecule has 0 aliphatic carbocycles. The molecule has 0 unspecified atom stereocenters. The molecule has 0 aliphatic heterocycles. The molecule has 0 radical (unpaired) electrons. The van der Waals surface area contributed by atoms with Gasteiger partial charge in [-0.25, -0.2) is 9.97 Å². The third-order valence-electron chi connectivity index (χ3n) is 3.22. The average molecular weight is 373 g/mol. The summed E-state index contributed by atoms with van der Waals surface area (Å²) >= 11 is 2.70. The van der Waals surface area contributed by atoms with Crippen molar-refractivity contribution in [1.82, 2.24) is 9.97 Å². The Labute approximate surface area is 151 Å². The molecule has 2 aromatic heterocycles. The summed E-state index contributed by atoms with van der Waals surface area (Å²) < 4.78 is 0. The maximum absolute atomic E-state index is 12.4. The zero-order chi connectivity index (χ0) is 18.0. The number of benzene rings is 1. The Morgan fingerprint density at radius 3 is 2.68 bits per heavy atom. The molecule has 128 valence electrons. The van der Waals surface area contributed by atoms with Crippen molar-refractivity contribution in [3.63, 3.8) is 0 Å². The third-order valence-corrected chi connectivity index (χ3v) is 4.99. The molecule has 0 fully saturated rings. The second kappa shape index (κ2) is 6.99. The van der Waals surface area contributed by atoms with E-state index >= 15 is 0 Å². The van der Waals surface area contributed by atoms with Gasteiger partial charge in [0.05, 0.1) is 16.3 Å². The molecular formula is C16H15N5O2S2. The lowest BCUT2D eigenvalue weighted by atomic mass is 10.2. The lowest BCUT2D eigenvalue weighted by Gasteiger charge is -2.05. The van der Waals surface area contributed by atoms with Crippen LogP contribution in [0.1, 0.15) is 23.0 Å². The molecule has 0 aliphatic rings. The fraction of sp³-hybridized carbons (Fsp3) is 0.125. The first-order valence-corrected chi connectivity index (χ1v) is 9.00. The van der Waals surface area contributed by atoms with Crippen LogP contribution in [0, 0.1) is 6.92 Å². The van der Waals surface area contributed by atoms with E-state index in [4.69, 9.17) is 5.73 Å². The molecule has 7 nitrogen and oxygen atoms in total. The van der Waals surface area contributed by atoms with E-state index < -0.39 is 0 Å². The Balaban J connectivity index is 1.78. The number of thiazole rings is 2. The minimum atomic E-state index is -0.301. The molecular weight excluding hydrogens is 358 g/mol. The van der Waals surface area contributed by atoms with Crippen molar-refractivity contribution in [2.75, 3.05) is 16.4 Å². The fourth-order valence-electron chi connectivity index (χ4n) is 2.19. The molecule has 0 saturated heterocycles. The number of nitrogens with two attached hydrogens (primary N) is 1. The maximum atomic E-state index is 12.4. The first-order chi connectivity index (χ1) is 11.9. The van der Waals surface area contributed by atoms with Gasteiger partial charge in [-0.1, -0.05) is 17.4 Å². The molecule has 0 saturated carbocycles. The molecule has 4 N–H and O–H groups in total. The monoisotopic (exact) mass is 373 g/mol. The van der Waals surface area contributed by atoms with Crippen LogP contribution in [-0.2, 0) is 4.79 Å². The van der Waals surface area contributed by atoms with Crippen LogP contribution in [0.15, 0.2) is 29.6 Å². The first-order valence-electron chi connectivity index (χ1n) is 7.30. The van der Waals surface area contributed by atoms with Gasteiger partial charge in [-0.15, -0.1) is 11.3 Å². The van der Waals surface area contributed by atoms with Crippen LogP contribution in [0.25, 0.3) is 10.6 Å². The number of carbonyl (C=O) groups is 2. The molecule has 0 spiro atoms. The van der Waals surface area contributed by atoms with E-state index in [0.29, 0.717) is 21.5 Å². The van der Waals surface area contributed by atoms with E-state index in [1.54, 1.807) is 24.3 Å². The summed E-state index contributed by atoms with van der Waals surface area (Å²) in [5, 5.41) is 8.26. The standard InChI is InChI=1S/C16H15N5O2S2/c1-8-13(12-7-24-15(17)20-12)25-16(18-8)21-14(23)10-4-3-5-11(6-10)19-9(2)22/h3-7H,1-2H3,(H2,17,20)(H,19,22)(H,18,21,23). The Morgan fingerprint density at radius 1 is 1.20 bits per heavy atom. The quantitative estimate of drug-likeness (QED) is 0.649. The van der Waals surface area contributed by atoms with E-state index in [1.807, 2.05) is 12.3 Å². The molecule has 2 amide bonds. The minimum absolute atomic E-state index is 0.194. The molecule has 3 rings (SSSR count). The largest absolute Gasteiger partial charge is 0.375 e. The maximum Gasteiger partial charge on any atom is 0.257 e. The first kappa shape index (κ1) is 17.1. The van der Waals surface area contributed by atoms with Gasteiger partial charge in [0, 0.05) is 23.6 Å². The minimum Gasteiger partial charge on any atom is -0.375 e. The highest BCUT2D eigenvalue weighted by molar-refractivity contribution is 7.19. The van der Waals surface area contributed by atoms with Crippen LogP contribution in [-0.4, -0.2) is 21.8 Å². The van der Waals surface area contributed by atoms with Crippen LogP contribution in [0.4, 0.5) is 16.0 Å². The molecule has 25 heavy (non-hydrogen) atoms. The second-order valence-electron chi connectivity index (χ2n) is 5.22. The smallest absolute Gasteiger partial charge is 0.257 e. The molecule has 0 atom stereocenters. The third kappa shape index (κ3) is 4.01. The molecule has 2 heterocycles. The number of hydrogen-bond donors (Lipinski definition) is 3. The summed E-state index contributed by atoms with van der Waals surface area (Å²) in [5.74, 6) is -0.495. The summed E-state index contributed by atoms with van der Waals surface area (Å²) in [4.78, 5) is 33.0. The van der Waals surface area contributed by atoms with Gasteiger partial charge in [0.1, 0.15) is 0 Å². The molecule has 3 aromatic rings. The SMILES string of the molecule is CC(=O)Nc1cccc(C(=O)Nc2nc(C)c(-c3csc(N)n3)s2)c1. The number of amides is 2. The lowest BCUT2D eigenvalue weighted by Crippen LogP contribution is -2.13. The van der Waals surface area contributed by atoms with Gasteiger partial charge >= 0.3 is 0 Å². The Kier molecular flexibility index (Phi) is 4.77. The van der Waals surface area contributed by atoms with E-state index in [-0.39, 0.29) is 11.8 Å². The highest BCUT2D eigenvalue weighted by Crippen LogP contribution is 2.34. The van der Waals surface area contributed by atoms with Gasteiger partial charge in [-0.2, -0.15) is 0 Å². The number of carbonyl (C=O) groups excluding carboxylic acids is 2. The van der Waals surface area contributed by atoms with Gasteiger partial charge in [0.15, 0.2) is 10.3 Å². The normalized spacial score (nSPS) is 10.5. The van der Waals surface area contributed by atoms with E-state index in [2.05, 4.69) is 20.6 Å². The summed E-state index contributed by atoms with van der Waals surface area (Å²) in [6.07, 6.45) is 0. The number of aryl methyl sites for hydroxylation is 1. The highest BCUT2D eigenvalue weighted by atomic mass is 32.1. The van der Waals surface area contributed by atoms with E-state index in [0.717, 1.165) is 16.3 Å². The molecule has 0 bridgehead atoms. The fourth-order valence-corrected chi connectivity index (χ4v) is 3.74. The average Bonchev–Trinajstić information content (AvgIpc) is 3.12. The summed E-state index contributed by atoms with van der Waals surface area (Å²) in [7, 11) is 0. The predicted molar refractivity (Wildman–Crippen MR) is 101 cm³/mol. The van der Waals surface area contributed by atoms with Crippen molar-refractivity contribution >= 4 is 50.4 Å². The van der Waals surface area contributed by atoms with E-state index in [9.17, 15) is 9.59 Å². The molecule has 1 aromatic carbocycles. The number of nitrogens with one attached hydrogen (secondary N) is 2. The summed E-state index contributed by atoms with van der Waals surface area (Å²) in [5.41, 5.74) is 8.19. The van der Waals surface area contributed by atoms with Gasteiger partial charge in [-0.3, -0.25) is 14.9 Å². The van der Waals surface area contributed by atoms with Crippen molar-refractivity contribution < 1.29 is 9.59 Å². The Morgan fingerprint density at radius 2 is 2.00 bits per heavy atom. The number of nitrogen functional groups attached to an aromatic ring is 1. The van der Waals surface area contributed by atoms with Gasteiger partial charge in [0.2, 0.25) is 5.91 Å². The van der Waals surface area contributed by atoms with Gasteiger partial charge in [0.25, 0.3) is 5.91 Å². The number of hydrogen-bond acceptors (Lipinski definition) is 7. The van der Waals surface area contributed by atoms with Crippen molar-refractivity contribution in [3.05, 3.63) is 40.9 Å². The number of aromatic nitrogens is 2. The van der Waals surface area contributed by atoms with Crippen molar-refractivity contribution in [3.8, 4) is 10.6 Å². The van der Waals surface area contributed by atoms with Crippen LogP contribution in [0.3, 0.4) is 0 Å². The van der Waals surface area contributed by atoms with Crippen LogP contribution in [0.5, 0.6) is 0 Å². The van der Waals surface area contributed by atoms with Crippen molar-refractivity contribution in [1.29, 1.82) is 0 Å². The van der Waals surface area contributed by atoms with Crippen LogP contribution in [0.2, 0.25) is 0 Å². The van der Waals surface area contributed by atoms with Gasteiger partial charge < -0.3 is 11.1 Å². The lowest BCUT2D eigenvalue weighted by molar-refractivity contribution is -0.114. The van der Waals surface area contributed by atoms with Crippen LogP contribution >= 0.6 is 22.7 Å².